The van der Waals surface area contributed by atoms with Crippen molar-refractivity contribution in [3.8, 4) is 11.8 Å². The van der Waals surface area contributed by atoms with Gasteiger partial charge in [-0.3, -0.25) is 9.78 Å². The fourth-order valence-corrected chi connectivity index (χ4v) is 2.16. The SMILES string of the molecule is CC(C)(C)OC(=O)Cc1ccncc1C#Cc1ccc(Br)cc1. The number of esters is 1. The Bertz CT molecular complexity index is 749. The van der Waals surface area contributed by atoms with Crippen molar-refractivity contribution < 1.29 is 9.53 Å². The fraction of sp³-hybridized carbons (Fsp3) is 0.263. The molecule has 3 nitrogen and oxygen atoms in total. The van der Waals surface area contributed by atoms with Crippen LogP contribution < -0.4 is 0 Å². The summed E-state index contributed by atoms with van der Waals surface area (Å²) in [5.74, 6) is 5.90. The standard InChI is InChI=1S/C19H18BrNO2/c1-19(2,3)23-18(22)12-15-10-11-21-13-16(15)7-4-14-5-8-17(20)9-6-14/h5-6,8-11,13H,12H2,1-3H3. The number of aromatic nitrogens is 1. The summed E-state index contributed by atoms with van der Waals surface area (Å²) >= 11 is 3.39. The molecule has 0 atom stereocenters. The van der Waals surface area contributed by atoms with Gasteiger partial charge in [0.1, 0.15) is 5.60 Å². The number of carbonyl (C=O) groups is 1. The van der Waals surface area contributed by atoms with E-state index >= 15 is 0 Å². The Hall–Kier alpha value is -2.12. The predicted molar refractivity (Wildman–Crippen MR) is 93.9 cm³/mol. The summed E-state index contributed by atoms with van der Waals surface area (Å²) in [7, 11) is 0. The van der Waals surface area contributed by atoms with Crippen LogP contribution in [0.5, 0.6) is 0 Å². The molecule has 23 heavy (non-hydrogen) atoms. The highest BCUT2D eigenvalue weighted by Gasteiger charge is 2.17. The van der Waals surface area contributed by atoms with Crippen LogP contribution in [0.3, 0.4) is 0 Å². The Morgan fingerprint density at radius 2 is 1.87 bits per heavy atom. The molecule has 0 amide bonds. The van der Waals surface area contributed by atoms with E-state index in [0.717, 1.165) is 21.2 Å². The normalized spacial score (nSPS) is 10.6. The highest BCUT2D eigenvalue weighted by molar-refractivity contribution is 9.10. The molecular formula is C19H18BrNO2. The second-order valence-electron chi connectivity index (χ2n) is 6.05. The first-order valence-corrected chi connectivity index (χ1v) is 8.05. The minimum Gasteiger partial charge on any atom is -0.460 e. The van der Waals surface area contributed by atoms with E-state index in [1.807, 2.05) is 45.0 Å². The van der Waals surface area contributed by atoms with Crippen LogP contribution in [0.25, 0.3) is 0 Å². The van der Waals surface area contributed by atoms with E-state index < -0.39 is 5.60 Å². The van der Waals surface area contributed by atoms with Crippen LogP contribution in [-0.2, 0) is 16.0 Å². The van der Waals surface area contributed by atoms with Crippen LogP contribution in [0, 0.1) is 11.8 Å². The van der Waals surface area contributed by atoms with Crippen LogP contribution in [0.1, 0.15) is 37.5 Å². The number of nitrogens with zero attached hydrogens (tertiary/aromatic N) is 1. The van der Waals surface area contributed by atoms with E-state index in [1.165, 1.54) is 0 Å². The summed E-state index contributed by atoms with van der Waals surface area (Å²) in [5, 5.41) is 0. The molecule has 0 saturated carbocycles. The van der Waals surface area contributed by atoms with Gasteiger partial charge in [-0.1, -0.05) is 27.8 Å². The number of carbonyl (C=O) groups excluding carboxylic acids is 1. The molecule has 118 valence electrons. The molecule has 0 fully saturated rings. The van der Waals surface area contributed by atoms with Gasteiger partial charge >= 0.3 is 5.97 Å². The van der Waals surface area contributed by atoms with E-state index in [1.54, 1.807) is 18.5 Å². The summed E-state index contributed by atoms with van der Waals surface area (Å²) < 4.78 is 6.37. The number of pyridine rings is 1. The number of benzene rings is 1. The minimum atomic E-state index is -0.493. The van der Waals surface area contributed by atoms with Gasteiger partial charge < -0.3 is 4.74 Å². The predicted octanol–water partition coefficient (Wildman–Crippen LogP) is 4.13. The highest BCUT2D eigenvalue weighted by atomic mass is 79.9. The Labute approximate surface area is 145 Å². The average molecular weight is 372 g/mol. The maximum absolute atomic E-state index is 12.0. The summed E-state index contributed by atoms with van der Waals surface area (Å²) in [6.45, 7) is 5.56. The van der Waals surface area contributed by atoms with Crippen LogP contribution in [0.2, 0.25) is 0 Å². The van der Waals surface area contributed by atoms with Crippen LogP contribution in [-0.4, -0.2) is 16.6 Å². The van der Waals surface area contributed by atoms with E-state index in [-0.39, 0.29) is 12.4 Å². The smallest absolute Gasteiger partial charge is 0.310 e. The molecule has 0 aliphatic rings. The number of ether oxygens (including phenoxy) is 1. The first-order chi connectivity index (χ1) is 10.8. The molecule has 0 spiro atoms. The summed E-state index contributed by atoms with van der Waals surface area (Å²) in [6.07, 6.45) is 3.51. The van der Waals surface area contributed by atoms with Crippen LogP contribution in [0.4, 0.5) is 0 Å². The van der Waals surface area contributed by atoms with Crippen molar-refractivity contribution in [2.45, 2.75) is 32.8 Å². The van der Waals surface area contributed by atoms with E-state index in [9.17, 15) is 4.79 Å². The second kappa shape index (κ2) is 7.43. The lowest BCUT2D eigenvalue weighted by molar-refractivity contribution is -0.153. The van der Waals surface area contributed by atoms with Crippen molar-refractivity contribution in [1.29, 1.82) is 0 Å². The fourth-order valence-electron chi connectivity index (χ4n) is 1.90. The van der Waals surface area contributed by atoms with Crippen LogP contribution >= 0.6 is 15.9 Å². The summed E-state index contributed by atoms with van der Waals surface area (Å²) in [6, 6.07) is 9.54. The van der Waals surface area contributed by atoms with Crippen molar-refractivity contribution >= 4 is 21.9 Å². The lowest BCUT2D eigenvalue weighted by atomic mass is 10.1. The topological polar surface area (TPSA) is 39.2 Å². The van der Waals surface area contributed by atoms with Gasteiger partial charge in [0.2, 0.25) is 0 Å². The highest BCUT2D eigenvalue weighted by Crippen LogP contribution is 2.13. The van der Waals surface area contributed by atoms with Gasteiger partial charge in [0.05, 0.1) is 6.42 Å². The second-order valence-corrected chi connectivity index (χ2v) is 6.97. The molecule has 1 heterocycles. The van der Waals surface area contributed by atoms with Crippen molar-refractivity contribution in [2.75, 3.05) is 0 Å². The zero-order valence-electron chi connectivity index (χ0n) is 13.4. The quantitative estimate of drug-likeness (QED) is 0.588. The zero-order chi connectivity index (χ0) is 16.9. The number of hydrogen-bond acceptors (Lipinski definition) is 3. The molecule has 4 heteroatoms. The Morgan fingerprint density at radius 3 is 2.52 bits per heavy atom. The van der Waals surface area contributed by atoms with Gasteiger partial charge in [0.15, 0.2) is 0 Å². The third kappa shape index (κ3) is 5.88. The van der Waals surface area contributed by atoms with Crippen molar-refractivity contribution in [3.05, 3.63) is 63.9 Å². The maximum atomic E-state index is 12.0. The third-order valence-electron chi connectivity index (χ3n) is 2.85. The maximum Gasteiger partial charge on any atom is 0.310 e. The number of rotatable bonds is 2. The largest absolute Gasteiger partial charge is 0.460 e. The van der Waals surface area contributed by atoms with Gasteiger partial charge in [-0.2, -0.15) is 0 Å². The van der Waals surface area contributed by atoms with Gasteiger partial charge in [0.25, 0.3) is 0 Å². The molecule has 0 N–H and O–H groups in total. The summed E-state index contributed by atoms with van der Waals surface area (Å²) in [4.78, 5) is 16.1. The Kier molecular flexibility index (Phi) is 5.57. The van der Waals surface area contributed by atoms with Gasteiger partial charge in [-0.05, 0) is 56.7 Å². The summed E-state index contributed by atoms with van der Waals surface area (Å²) in [5.41, 5.74) is 1.97. The molecule has 0 radical (unpaired) electrons. The van der Waals surface area contributed by atoms with Gasteiger partial charge in [-0.15, -0.1) is 0 Å². The molecule has 0 aliphatic heterocycles. The molecular weight excluding hydrogens is 354 g/mol. The van der Waals surface area contributed by atoms with Crippen molar-refractivity contribution in [3.63, 3.8) is 0 Å². The Balaban J connectivity index is 2.18. The molecule has 2 rings (SSSR count). The molecule has 2 aromatic rings. The number of halogens is 1. The minimum absolute atomic E-state index is 0.185. The first kappa shape index (κ1) is 17.2. The molecule has 0 saturated heterocycles. The lowest BCUT2D eigenvalue weighted by Crippen LogP contribution is -2.25. The van der Waals surface area contributed by atoms with Crippen molar-refractivity contribution in [2.24, 2.45) is 0 Å². The third-order valence-corrected chi connectivity index (χ3v) is 3.38. The van der Waals surface area contributed by atoms with E-state index in [2.05, 4.69) is 32.8 Å². The molecule has 0 unspecified atom stereocenters. The van der Waals surface area contributed by atoms with E-state index in [4.69, 9.17) is 4.74 Å². The van der Waals surface area contributed by atoms with Crippen molar-refractivity contribution in [1.82, 2.24) is 4.98 Å². The molecule has 1 aromatic carbocycles. The number of hydrogen-bond donors (Lipinski definition) is 0. The van der Waals surface area contributed by atoms with Gasteiger partial charge in [-0.25, -0.2) is 0 Å². The Morgan fingerprint density at radius 1 is 1.17 bits per heavy atom. The van der Waals surface area contributed by atoms with E-state index in [0.29, 0.717) is 0 Å². The van der Waals surface area contributed by atoms with Gasteiger partial charge in [0, 0.05) is 28.0 Å². The van der Waals surface area contributed by atoms with Crippen LogP contribution in [0.15, 0.2) is 47.2 Å². The average Bonchev–Trinajstić information content (AvgIpc) is 2.46. The first-order valence-electron chi connectivity index (χ1n) is 7.26. The monoisotopic (exact) mass is 371 g/mol. The lowest BCUT2D eigenvalue weighted by Gasteiger charge is -2.19. The molecule has 0 bridgehead atoms. The molecule has 1 aromatic heterocycles. The molecule has 0 aliphatic carbocycles. The zero-order valence-corrected chi connectivity index (χ0v) is 15.0.